The first-order valence-electron chi connectivity index (χ1n) is 17.8. The standard InChI is InChI=1S/C40H53ClN2O3/c1-35(2)14-10-15-38(5)32(35)13-16-40(7)33(38)31(44)22-27-28-23-37(4,18-17-36(28,3)19-20-39(27,40)6)34(45)42-24-25-21-30(43-46-25)26-11-8-9-12-29(26)41/h8-9,11-12,21-22,28,32-33H,10,13-20,23-24H2,1-7H3,(H,42,45)/t28-,32?,33?,36+,37-,38-,39-,40+/m0/s1. The lowest BCUT2D eigenvalue weighted by molar-refractivity contribution is -0.185. The zero-order valence-electron chi connectivity index (χ0n) is 29.0. The van der Waals surface area contributed by atoms with Crippen LogP contribution in [0.5, 0.6) is 0 Å². The van der Waals surface area contributed by atoms with Crippen molar-refractivity contribution in [2.75, 3.05) is 0 Å². The quantitative estimate of drug-likeness (QED) is 0.359. The van der Waals surface area contributed by atoms with Crippen LogP contribution < -0.4 is 5.32 Å². The van der Waals surface area contributed by atoms with Gasteiger partial charge in [0.15, 0.2) is 11.5 Å². The Balaban J connectivity index is 1.15. The minimum atomic E-state index is -0.521. The molecule has 4 fully saturated rings. The number of carbonyl (C=O) groups excluding carboxylic acids is 2. The number of allylic oxidation sites excluding steroid dienone is 2. The maximum atomic E-state index is 14.6. The van der Waals surface area contributed by atoms with E-state index in [1.165, 1.54) is 24.8 Å². The molecule has 0 saturated heterocycles. The Hall–Kier alpha value is -2.40. The van der Waals surface area contributed by atoms with Gasteiger partial charge < -0.3 is 9.84 Å². The number of benzene rings is 1. The zero-order valence-corrected chi connectivity index (χ0v) is 29.8. The number of halogens is 1. The molecule has 0 spiro atoms. The molecule has 5 nitrogen and oxygen atoms in total. The van der Waals surface area contributed by atoms with Crippen LogP contribution in [0.1, 0.15) is 118 Å². The number of amides is 1. The van der Waals surface area contributed by atoms with Gasteiger partial charge in [-0.05, 0) is 109 Å². The number of rotatable bonds is 4. The molecule has 248 valence electrons. The molecule has 1 N–H and O–H groups in total. The molecule has 46 heavy (non-hydrogen) atoms. The molecule has 5 aliphatic carbocycles. The van der Waals surface area contributed by atoms with Crippen LogP contribution >= 0.6 is 11.6 Å². The molecule has 4 saturated carbocycles. The largest absolute Gasteiger partial charge is 0.359 e. The molecule has 8 atom stereocenters. The summed E-state index contributed by atoms with van der Waals surface area (Å²) in [5.74, 6) is 1.93. The van der Waals surface area contributed by atoms with Gasteiger partial charge in [0.05, 0.1) is 11.6 Å². The predicted octanol–water partition coefficient (Wildman–Crippen LogP) is 9.98. The van der Waals surface area contributed by atoms with Crippen LogP contribution in [-0.2, 0) is 16.1 Å². The monoisotopic (exact) mass is 644 g/mol. The average Bonchev–Trinajstić information content (AvgIpc) is 3.46. The van der Waals surface area contributed by atoms with Crippen molar-refractivity contribution >= 4 is 23.3 Å². The summed E-state index contributed by atoms with van der Waals surface area (Å²) in [4.78, 5) is 28.6. The first-order chi connectivity index (χ1) is 21.6. The lowest BCUT2D eigenvalue weighted by Crippen LogP contribution is -2.65. The van der Waals surface area contributed by atoms with E-state index >= 15 is 0 Å². The van der Waals surface area contributed by atoms with E-state index in [1.54, 1.807) is 0 Å². The second kappa shape index (κ2) is 10.5. The van der Waals surface area contributed by atoms with Crippen molar-refractivity contribution in [3.63, 3.8) is 0 Å². The normalized spacial score (nSPS) is 41.3. The summed E-state index contributed by atoms with van der Waals surface area (Å²) in [7, 11) is 0. The van der Waals surface area contributed by atoms with Gasteiger partial charge in [-0.25, -0.2) is 0 Å². The molecule has 0 radical (unpaired) electrons. The van der Waals surface area contributed by atoms with E-state index in [0.29, 0.717) is 28.2 Å². The topological polar surface area (TPSA) is 72.2 Å². The third kappa shape index (κ3) is 4.56. The minimum absolute atomic E-state index is 0.0327. The second-order valence-electron chi connectivity index (χ2n) is 17.9. The van der Waals surface area contributed by atoms with Crippen LogP contribution in [-0.4, -0.2) is 16.8 Å². The molecular weight excluding hydrogens is 592 g/mol. The summed E-state index contributed by atoms with van der Waals surface area (Å²) in [5, 5.41) is 8.01. The van der Waals surface area contributed by atoms with Gasteiger partial charge in [-0.15, -0.1) is 0 Å². The molecule has 2 aromatic rings. The SMILES string of the molecule is CC1(C)CCC[C@@]2(C)C1CC[C@]1(C)C2C(=O)C=C2[C@@H]3C[C@@](C)(C(=O)NCc4cc(-c5ccccc5Cl)no4)CC[C@]3(C)CC[C@@]21C. The molecule has 1 aromatic heterocycles. The Morgan fingerprint density at radius 1 is 0.978 bits per heavy atom. The third-order valence-electron chi connectivity index (χ3n) is 15.0. The molecule has 0 aliphatic heterocycles. The lowest BCUT2D eigenvalue weighted by Gasteiger charge is -2.70. The fraction of sp³-hybridized carbons (Fsp3) is 0.675. The van der Waals surface area contributed by atoms with Gasteiger partial charge >= 0.3 is 0 Å². The van der Waals surface area contributed by atoms with E-state index in [4.69, 9.17) is 16.1 Å². The summed E-state index contributed by atoms with van der Waals surface area (Å²) >= 11 is 6.37. The maximum absolute atomic E-state index is 14.6. The summed E-state index contributed by atoms with van der Waals surface area (Å²) in [5.41, 5.74) is 2.66. The van der Waals surface area contributed by atoms with Gasteiger partial charge in [-0.3, -0.25) is 9.59 Å². The number of hydrogen-bond donors (Lipinski definition) is 1. The molecule has 6 heteroatoms. The van der Waals surface area contributed by atoms with Gasteiger partial charge in [0.1, 0.15) is 5.69 Å². The van der Waals surface area contributed by atoms with Crippen LogP contribution in [0.4, 0.5) is 0 Å². The number of aromatic nitrogens is 1. The number of fused-ring (bicyclic) bond motifs is 7. The molecule has 1 heterocycles. The van der Waals surface area contributed by atoms with Crippen molar-refractivity contribution < 1.29 is 14.1 Å². The molecular formula is C40H53ClN2O3. The first kappa shape index (κ1) is 32.2. The van der Waals surface area contributed by atoms with Gasteiger partial charge in [-0.2, -0.15) is 0 Å². The Kier molecular flexibility index (Phi) is 7.38. The Morgan fingerprint density at radius 3 is 2.48 bits per heavy atom. The summed E-state index contributed by atoms with van der Waals surface area (Å²) in [6.07, 6.45) is 13.0. The maximum Gasteiger partial charge on any atom is 0.226 e. The molecule has 7 rings (SSSR count). The number of nitrogens with one attached hydrogen (secondary N) is 1. The number of carbonyl (C=O) groups is 2. The van der Waals surface area contributed by atoms with Crippen LogP contribution in [0.15, 0.2) is 46.5 Å². The molecule has 1 aromatic carbocycles. The molecule has 5 aliphatic rings. The van der Waals surface area contributed by atoms with Crippen LogP contribution in [0.2, 0.25) is 5.02 Å². The van der Waals surface area contributed by atoms with Crippen molar-refractivity contribution in [3.8, 4) is 11.3 Å². The number of nitrogens with zero attached hydrogens (tertiary/aromatic N) is 1. The number of ketones is 1. The highest BCUT2D eigenvalue weighted by molar-refractivity contribution is 6.33. The van der Waals surface area contributed by atoms with Gasteiger partial charge in [0, 0.05) is 23.0 Å². The highest BCUT2D eigenvalue weighted by atomic mass is 35.5. The third-order valence-corrected chi connectivity index (χ3v) is 15.3. The molecule has 2 unspecified atom stereocenters. The zero-order chi connectivity index (χ0) is 32.9. The second-order valence-corrected chi connectivity index (χ2v) is 18.3. The molecule has 0 bridgehead atoms. The van der Waals surface area contributed by atoms with Crippen molar-refractivity contribution in [3.05, 3.63) is 52.8 Å². The Labute approximate surface area is 280 Å². The van der Waals surface area contributed by atoms with Gasteiger partial charge in [0.25, 0.3) is 0 Å². The average molecular weight is 645 g/mol. The minimum Gasteiger partial charge on any atom is -0.359 e. The van der Waals surface area contributed by atoms with E-state index in [2.05, 4.69) is 65.0 Å². The van der Waals surface area contributed by atoms with Crippen molar-refractivity contribution in [1.82, 2.24) is 10.5 Å². The molecule has 1 amide bonds. The summed E-state index contributed by atoms with van der Waals surface area (Å²) < 4.78 is 5.59. The van der Waals surface area contributed by atoms with E-state index in [0.717, 1.165) is 50.5 Å². The Morgan fingerprint density at radius 2 is 1.72 bits per heavy atom. The van der Waals surface area contributed by atoms with Gasteiger partial charge in [-0.1, -0.05) is 95.4 Å². The van der Waals surface area contributed by atoms with Crippen molar-refractivity contribution in [1.29, 1.82) is 0 Å². The summed E-state index contributed by atoms with van der Waals surface area (Å²) in [6, 6.07) is 9.40. The van der Waals surface area contributed by atoms with Crippen LogP contribution in [0.3, 0.4) is 0 Å². The van der Waals surface area contributed by atoms with Crippen LogP contribution in [0.25, 0.3) is 11.3 Å². The first-order valence-corrected chi connectivity index (χ1v) is 18.2. The summed E-state index contributed by atoms with van der Waals surface area (Å²) in [6.45, 7) is 17.2. The van der Waals surface area contributed by atoms with E-state index in [-0.39, 0.29) is 51.4 Å². The highest BCUT2D eigenvalue weighted by Crippen LogP contribution is 2.75. The smallest absolute Gasteiger partial charge is 0.226 e. The van der Waals surface area contributed by atoms with Crippen LogP contribution in [0, 0.1) is 50.2 Å². The van der Waals surface area contributed by atoms with Gasteiger partial charge in [0.2, 0.25) is 5.91 Å². The predicted molar refractivity (Wildman–Crippen MR) is 183 cm³/mol. The highest BCUT2D eigenvalue weighted by Gasteiger charge is 2.69. The fourth-order valence-corrected chi connectivity index (χ4v) is 12.3. The fourth-order valence-electron chi connectivity index (χ4n) is 12.1. The van der Waals surface area contributed by atoms with Crippen molar-refractivity contribution in [2.24, 2.45) is 50.2 Å². The van der Waals surface area contributed by atoms with Crippen molar-refractivity contribution in [2.45, 2.75) is 119 Å². The van der Waals surface area contributed by atoms with E-state index < -0.39 is 5.41 Å². The van der Waals surface area contributed by atoms with E-state index in [9.17, 15) is 9.59 Å². The lowest BCUT2D eigenvalue weighted by atomic mass is 9.33. The van der Waals surface area contributed by atoms with E-state index in [1.807, 2.05) is 30.3 Å². The number of hydrogen-bond acceptors (Lipinski definition) is 4. The Bertz CT molecular complexity index is 1610.